The van der Waals surface area contributed by atoms with Gasteiger partial charge in [0.25, 0.3) is 0 Å². The van der Waals surface area contributed by atoms with Crippen LogP contribution in [0.3, 0.4) is 0 Å². The number of ether oxygens (including phenoxy) is 3. The third-order valence-electron chi connectivity index (χ3n) is 5.86. The molecule has 0 saturated carbocycles. The summed E-state index contributed by atoms with van der Waals surface area (Å²) in [4.78, 5) is 14.7. The van der Waals surface area contributed by atoms with Gasteiger partial charge in [-0.2, -0.15) is 0 Å². The Balaban J connectivity index is 1.65. The van der Waals surface area contributed by atoms with Gasteiger partial charge in [0.15, 0.2) is 5.78 Å². The number of benzene rings is 3. The molecule has 4 nitrogen and oxygen atoms in total. The highest BCUT2D eigenvalue weighted by molar-refractivity contribution is 7.22. The fourth-order valence-electron chi connectivity index (χ4n) is 3.94. The van der Waals surface area contributed by atoms with Crippen LogP contribution in [0.25, 0.3) is 20.5 Å². The number of hydrogen-bond donors (Lipinski definition) is 0. The van der Waals surface area contributed by atoms with Crippen molar-refractivity contribution in [2.75, 3.05) is 20.8 Å². The lowest BCUT2D eigenvalue weighted by Gasteiger charge is -2.09. The van der Waals surface area contributed by atoms with Crippen molar-refractivity contribution >= 4 is 27.2 Å². The lowest BCUT2D eigenvalue weighted by molar-refractivity contribution is 0.104. The SMILES string of the molecule is CCCCCCOc1ccc(C(=O)c2c(-c3ccc(OC)cc3)sc3cc(OC)ccc23)cc1. The first kappa shape index (κ1) is 23.8. The summed E-state index contributed by atoms with van der Waals surface area (Å²) in [6.45, 7) is 2.90. The molecule has 1 heterocycles. The van der Waals surface area contributed by atoms with Crippen LogP contribution in [0.1, 0.15) is 48.5 Å². The predicted molar refractivity (Wildman–Crippen MR) is 140 cm³/mol. The largest absolute Gasteiger partial charge is 0.497 e. The van der Waals surface area contributed by atoms with E-state index >= 15 is 0 Å². The molecule has 3 aromatic carbocycles. The Kier molecular flexibility index (Phi) is 7.86. The van der Waals surface area contributed by atoms with E-state index < -0.39 is 0 Å². The standard InChI is InChI=1S/C29H30O4S/c1-4-5-6-7-18-33-23-14-8-20(9-15-23)28(30)27-25-17-16-24(32-3)19-26(25)34-29(27)21-10-12-22(31-2)13-11-21/h8-17,19H,4-7,18H2,1-3H3. The molecule has 0 fully saturated rings. The van der Waals surface area contributed by atoms with Gasteiger partial charge in [0.1, 0.15) is 17.2 Å². The number of thiophene rings is 1. The summed E-state index contributed by atoms with van der Waals surface area (Å²) in [5.74, 6) is 2.35. The Labute approximate surface area is 205 Å². The molecule has 5 heteroatoms. The van der Waals surface area contributed by atoms with Gasteiger partial charge in [-0.05, 0) is 78.7 Å². The van der Waals surface area contributed by atoms with Gasteiger partial charge in [-0.15, -0.1) is 11.3 Å². The molecule has 176 valence electrons. The number of fused-ring (bicyclic) bond motifs is 1. The molecule has 1 aromatic heterocycles. The highest BCUT2D eigenvalue weighted by Gasteiger charge is 2.22. The topological polar surface area (TPSA) is 44.8 Å². The van der Waals surface area contributed by atoms with E-state index in [9.17, 15) is 4.79 Å². The van der Waals surface area contributed by atoms with Gasteiger partial charge in [0.05, 0.1) is 20.8 Å². The number of unbranched alkanes of at least 4 members (excludes halogenated alkanes) is 3. The molecule has 4 aromatic rings. The minimum Gasteiger partial charge on any atom is -0.497 e. The lowest BCUT2D eigenvalue weighted by atomic mass is 9.97. The van der Waals surface area contributed by atoms with Crippen molar-refractivity contribution in [1.82, 2.24) is 0 Å². The van der Waals surface area contributed by atoms with E-state index in [0.717, 1.165) is 44.2 Å². The second-order valence-electron chi connectivity index (χ2n) is 8.16. The first-order chi connectivity index (χ1) is 16.6. The smallest absolute Gasteiger partial charge is 0.195 e. The Bertz CT molecular complexity index is 1240. The van der Waals surface area contributed by atoms with E-state index in [1.165, 1.54) is 19.3 Å². The van der Waals surface area contributed by atoms with Crippen LogP contribution in [-0.2, 0) is 0 Å². The van der Waals surface area contributed by atoms with Crippen LogP contribution in [0.15, 0.2) is 66.7 Å². The number of carbonyl (C=O) groups is 1. The number of rotatable bonds is 11. The summed E-state index contributed by atoms with van der Waals surface area (Å²) in [7, 11) is 3.30. The predicted octanol–water partition coefficient (Wildman–Crippen LogP) is 7.78. The maximum atomic E-state index is 13.7. The summed E-state index contributed by atoms with van der Waals surface area (Å²) in [5.41, 5.74) is 2.33. The molecule has 0 spiro atoms. The van der Waals surface area contributed by atoms with Crippen molar-refractivity contribution in [2.24, 2.45) is 0 Å². The van der Waals surface area contributed by atoms with Gasteiger partial charge in [-0.25, -0.2) is 0 Å². The zero-order chi connectivity index (χ0) is 23.9. The van der Waals surface area contributed by atoms with Crippen LogP contribution in [0.5, 0.6) is 17.2 Å². The molecule has 0 unspecified atom stereocenters. The van der Waals surface area contributed by atoms with Crippen molar-refractivity contribution in [2.45, 2.75) is 32.6 Å². The van der Waals surface area contributed by atoms with Gasteiger partial charge in [-0.1, -0.05) is 26.2 Å². The molecule has 0 saturated heterocycles. The fraction of sp³-hybridized carbons (Fsp3) is 0.276. The van der Waals surface area contributed by atoms with Crippen molar-refractivity contribution < 1.29 is 19.0 Å². The minimum absolute atomic E-state index is 0.00303. The van der Waals surface area contributed by atoms with Crippen LogP contribution < -0.4 is 14.2 Å². The summed E-state index contributed by atoms with van der Waals surface area (Å²) < 4.78 is 17.6. The van der Waals surface area contributed by atoms with E-state index in [2.05, 4.69) is 6.92 Å². The average Bonchev–Trinajstić information content (AvgIpc) is 3.27. The van der Waals surface area contributed by atoms with Crippen molar-refractivity contribution in [3.05, 3.63) is 77.9 Å². The molecule has 0 amide bonds. The van der Waals surface area contributed by atoms with Gasteiger partial charge in [0, 0.05) is 26.1 Å². The van der Waals surface area contributed by atoms with Crippen molar-refractivity contribution in [3.63, 3.8) is 0 Å². The summed E-state index contributed by atoms with van der Waals surface area (Å²) in [6.07, 6.45) is 4.66. The van der Waals surface area contributed by atoms with Crippen molar-refractivity contribution in [3.8, 4) is 27.7 Å². The van der Waals surface area contributed by atoms with Gasteiger partial charge in [-0.3, -0.25) is 4.79 Å². The molecule has 0 bridgehead atoms. The molecule has 0 aliphatic heterocycles. The fourth-order valence-corrected chi connectivity index (χ4v) is 5.17. The summed E-state index contributed by atoms with van der Waals surface area (Å²) in [5, 5.41) is 0.929. The van der Waals surface area contributed by atoms with Gasteiger partial charge >= 0.3 is 0 Å². The van der Waals surface area contributed by atoms with E-state index in [1.54, 1.807) is 25.6 Å². The third kappa shape index (κ3) is 5.26. The Morgan fingerprint density at radius 1 is 0.794 bits per heavy atom. The van der Waals surface area contributed by atoms with Crippen LogP contribution in [-0.4, -0.2) is 26.6 Å². The third-order valence-corrected chi connectivity index (χ3v) is 7.06. The molecule has 4 rings (SSSR count). The van der Waals surface area contributed by atoms with E-state index in [4.69, 9.17) is 14.2 Å². The van der Waals surface area contributed by atoms with Crippen LogP contribution in [0.4, 0.5) is 0 Å². The molecule has 0 radical (unpaired) electrons. The van der Waals surface area contributed by atoms with E-state index in [1.807, 2.05) is 66.7 Å². The Morgan fingerprint density at radius 2 is 1.47 bits per heavy atom. The van der Waals surface area contributed by atoms with Crippen LogP contribution in [0.2, 0.25) is 0 Å². The minimum atomic E-state index is -0.00303. The molecular weight excluding hydrogens is 444 g/mol. The van der Waals surface area contributed by atoms with E-state index in [0.29, 0.717) is 17.7 Å². The highest BCUT2D eigenvalue weighted by atomic mass is 32.1. The first-order valence-electron chi connectivity index (χ1n) is 11.7. The van der Waals surface area contributed by atoms with E-state index in [-0.39, 0.29) is 5.78 Å². The molecule has 0 N–H and O–H groups in total. The zero-order valence-electron chi connectivity index (χ0n) is 19.9. The molecule has 0 atom stereocenters. The first-order valence-corrected chi connectivity index (χ1v) is 12.5. The quantitative estimate of drug-likeness (QED) is 0.164. The maximum Gasteiger partial charge on any atom is 0.195 e. The summed E-state index contributed by atoms with van der Waals surface area (Å²) in [6, 6.07) is 21.2. The Morgan fingerprint density at radius 3 is 2.15 bits per heavy atom. The molecule has 0 aliphatic carbocycles. The van der Waals surface area contributed by atoms with Crippen molar-refractivity contribution in [1.29, 1.82) is 0 Å². The second kappa shape index (κ2) is 11.2. The molecule has 0 aliphatic rings. The average molecular weight is 475 g/mol. The summed E-state index contributed by atoms with van der Waals surface area (Å²) >= 11 is 1.60. The van der Waals surface area contributed by atoms with Crippen LogP contribution in [0, 0.1) is 0 Å². The highest BCUT2D eigenvalue weighted by Crippen LogP contribution is 2.41. The number of hydrogen-bond acceptors (Lipinski definition) is 5. The normalized spacial score (nSPS) is 10.9. The molecule has 34 heavy (non-hydrogen) atoms. The zero-order valence-corrected chi connectivity index (χ0v) is 20.7. The Hall–Kier alpha value is -3.31. The number of methoxy groups -OCH3 is 2. The van der Waals surface area contributed by atoms with Crippen LogP contribution >= 0.6 is 11.3 Å². The van der Waals surface area contributed by atoms with Gasteiger partial charge < -0.3 is 14.2 Å². The molecular formula is C29H30O4S. The maximum absolute atomic E-state index is 13.7. The second-order valence-corrected chi connectivity index (χ2v) is 9.21. The lowest BCUT2D eigenvalue weighted by Crippen LogP contribution is -2.03. The van der Waals surface area contributed by atoms with Gasteiger partial charge in [0.2, 0.25) is 0 Å². The number of ketones is 1. The number of carbonyl (C=O) groups excluding carboxylic acids is 1. The monoisotopic (exact) mass is 474 g/mol.